The number of piperazine rings is 1. The summed E-state index contributed by atoms with van der Waals surface area (Å²) in [5.74, 6) is -1.13. The molecule has 1 aromatic carbocycles. The Balaban J connectivity index is 1.68. The van der Waals surface area contributed by atoms with Crippen molar-refractivity contribution >= 4 is 23.4 Å². The van der Waals surface area contributed by atoms with Crippen LogP contribution >= 0.6 is 0 Å². The summed E-state index contributed by atoms with van der Waals surface area (Å²) in [5.41, 5.74) is 1.16. The molecular formula is C23H29N3O3. The monoisotopic (exact) mass is 395 g/mol. The third-order valence-corrected chi connectivity index (χ3v) is 6.75. The molecule has 0 N–H and O–H groups in total. The first-order valence-electron chi connectivity index (χ1n) is 10.7. The number of ketones is 1. The maximum absolute atomic E-state index is 13.0. The van der Waals surface area contributed by atoms with Crippen molar-refractivity contribution in [3.05, 3.63) is 35.9 Å². The van der Waals surface area contributed by atoms with Crippen molar-refractivity contribution in [1.82, 2.24) is 9.80 Å². The fourth-order valence-corrected chi connectivity index (χ4v) is 5.17. The summed E-state index contributed by atoms with van der Waals surface area (Å²) in [6.45, 7) is 4.96. The summed E-state index contributed by atoms with van der Waals surface area (Å²) < 4.78 is 0. The van der Waals surface area contributed by atoms with Gasteiger partial charge in [0, 0.05) is 31.0 Å². The number of rotatable bonds is 4. The zero-order valence-corrected chi connectivity index (χ0v) is 17.3. The van der Waals surface area contributed by atoms with Gasteiger partial charge in [-0.2, -0.15) is 4.99 Å². The lowest BCUT2D eigenvalue weighted by Crippen LogP contribution is -2.66. The minimum absolute atomic E-state index is 0.00359. The van der Waals surface area contributed by atoms with E-state index in [4.69, 9.17) is 0 Å². The van der Waals surface area contributed by atoms with Crippen molar-refractivity contribution in [2.75, 3.05) is 13.1 Å². The Kier molecular flexibility index (Phi) is 5.28. The van der Waals surface area contributed by atoms with E-state index in [2.05, 4.69) is 29.3 Å². The van der Waals surface area contributed by atoms with E-state index in [-0.39, 0.29) is 17.4 Å². The number of amides is 2. The summed E-state index contributed by atoms with van der Waals surface area (Å²) in [7, 11) is 0. The molecule has 1 saturated heterocycles. The molecular weight excluding hydrogens is 366 g/mol. The highest BCUT2D eigenvalue weighted by Crippen LogP contribution is 2.43. The Labute approximate surface area is 172 Å². The van der Waals surface area contributed by atoms with E-state index in [1.165, 1.54) is 12.0 Å². The first-order chi connectivity index (χ1) is 13.9. The number of benzene rings is 1. The van der Waals surface area contributed by atoms with E-state index in [1.54, 1.807) is 4.90 Å². The van der Waals surface area contributed by atoms with Gasteiger partial charge >= 0.3 is 5.91 Å². The standard InChI is InChI=1S/C23H29N3O3/c1-16(2)25-13-14-26-18(24-21(28)20(27)19(26)22(25)29)15-23(11-7-4-8-12-23)17-9-5-3-6-10-17/h3,5-6,9-10,16,19H,4,7-8,11-15H2,1-2H3. The second kappa shape index (κ2) is 7.73. The second-order valence-corrected chi connectivity index (χ2v) is 8.80. The topological polar surface area (TPSA) is 70.0 Å². The average molecular weight is 396 g/mol. The fourth-order valence-electron chi connectivity index (χ4n) is 5.17. The van der Waals surface area contributed by atoms with E-state index >= 15 is 0 Å². The molecule has 2 heterocycles. The Hall–Kier alpha value is -2.50. The summed E-state index contributed by atoms with van der Waals surface area (Å²) in [6, 6.07) is 9.39. The molecule has 1 atom stereocenters. The number of aliphatic imine (C=N–C) groups is 1. The molecule has 2 amide bonds. The second-order valence-electron chi connectivity index (χ2n) is 8.80. The van der Waals surface area contributed by atoms with Crippen molar-refractivity contribution in [1.29, 1.82) is 0 Å². The Morgan fingerprint density at radius 1 is 1.03 bits per heavy atom. The number of amidine groups is 1. The van der Waals surface area contributed by atoms with E-state index in [9.17, 15) is 14.4 Å². The van der Waals surface area contributed by atoms with Gasteiger partial charge in [0.05, 0.1) is 0 Å². The molecule has 1 aromatic rings. The van der Waals surface area contributed by atoms with Crippen LogP contribution in [0.5, 0.6) is 0 Å². The summed E-state index contributed by atoms with van der Waals surface area (Å²) in [4.78, 5) is 45.7. The molecule has 2 aliphatic heterocycles. The Bertz CT molecular complexity index is 840. The molecule has 29 heavy (non-hydrogen) atoms. The van der Waals surface area contributed by atoms with Crippen LogP contribution in [0.15, 0.2) is 35.3 Å². The maximum Gasteiger partial charge on any atom is 0.317 e. The Morgan fingerprint density at radius 3 is 2.38 bits per heavy atom. The van der Waals surface area contributed by atoms with Gasteiger partial charge in [-0.25, -0.2) is 0 Å². The van der Waals surface area contributed by atoms with Crippen LogP contribution in [0.1, 0.15) is 57.9 Å². The van der Waals surface area contributed by atoms with E-state index in [0.29, 0.717) is 25.3 Å². The largest absolute Gasteiger partial charge is 0.339 e. The van der Waals surface area contributed by atoms with Gasteiger partial charge < -0.3 is 9.80 Å². The molecule has 0 bridgehead atoms. The van der Waals surface area contributed by atoms with Gasteiger partial charge in [-0.1, -0.05) is 49.6 Å². The molecule has 6 heteroatoms. The fraction of sp³-hybridized carbons (Fsp3) is 0.565. The summed E-state index contributed by atoms with van der Waals surface area (Å²) >= 11 is 0. The van der Waals surface area contributed by atoms with Gasteiger partial charge in [0.25, 0.3) is 11.7 Å². The van der Waals surface area contributed by atoms with Crippen LogP contribution in [-0.2, 0) is 19.8 Å². The van der Waals surface area contributed by atoms with Crippen LogP contribution in [0.3, 0.4) is 0 Å². The number of hydrogen-bond donors (Lipinski definition) is 0. The minimum Gasteiger partial charge on any atom is -0.339 e. The van der Waals surface area contributed by atoms with E-state index in [0.717, 1.165) is 25.7 Å². The minimum atomic E-state index is -1.04. The third kappa shape index (κ3) is 3.49. The maximum atomic E-state index is 13.0. The van der Waals surface area contributed by atoms with Gasteiger partial charge in [-0.3, -0.25) is 14.4 Å². The molecule has 1 unspecified atom stereocenters. The van der Waals surface area contributed by atoms with Crippen LogP contribution in [0.2, 0.25) is 0 Å². The highest BCUT2D eigenvalue weighted by molar-refractivity contribution is 6.45. The summed E-state index contributed by atoms with van der Waals surface area (Å²) in [6.07, 6.45) is 6.15. The molecule has 1 saturated carbocycles. The number of fused-ring (bicyclic) bond motifs is 1. The van der Waals surface area contributed by atoms with Gasteiger partial charge in [-0.05, 0) is 32.3 Å². The van der Waals surface area contributed by atoms with Crippen molar-refractivity contribution in [2.45, 2.75) is 69.9 Å². The highest BCUT2D eigenvalue weighted by Gasteiger charge is 2.49. The van der Waals surface area contributed by atoms with Crippen LogP contribution in [0.25, 0.3) is 0 Å². The number of carbonyl (C=O) groups excluding carboxylic acids is 3. The van der Waals surface area contributed by atoms with Crippen molar-refractivity contribution in [3.63, 3.8) is 0 Å². The first kappa shape index (κ1) is 19.8. The van der Waals surface area contributed by atoms with Crippen molar-refractivity contribution < 1.29 is 14.4 Å². The van der Waals surface area contributed by atoms with Gasteiger partial charge in [-0.15, -0.1) is 0 Å². The lowest BCUT2D eigenvalue weighted by atomic mass is 9.67. The van der Waals surface area contributed by atoms with E-state index < -0.39 is 17.7 Å². The number of nitrogens with zero attached hydrogens (tertiary/aromatic N) is 3. The van der Waals surface area contributed by atoms with Crippen LogP contribution < -0.4 is 0 Å². The first-order valence-corrected chi connectivity index (χ1v) is 10.7. The zero-order valence-electron chi connectivity index (χ0n) is 17.3. The average Bonchev–Trinajstić information content (AvgIpc) is 2.73. The molecule has 154 valence electrons. The van der Waals surface area contributed by atoms with E-state index in [1.807, 2.05) is 24.8 Å². The predicted octanol–water partition coefficient (Wildman–Crippen LogP) is 2.71. The number of carbonyl (C=O) groups is 3. The van der Waals surface area contributed by atoms with Crippen molar-refractivity contribution in [2.24, 2.45) is 4.99 Å². The summed E-state index contributed by atoms with van der Waals surface area (Å²) in [5, 5.41) is 0. The Morgan fingerprint density at radius 2 is 1.72 bits per heavy atom. The van der Waals surface area contributed by atoms with Crippen LogP contribution in [0, 0.1) is 0 Å². The lowest BCUT2D eigenvalue weighted by Gasteiger charge is -2.46. The smallest absolute Gasteiger partial charge is 0.317 e. The SMILES string of the molecule is CC(C)N1CCN2C(CC3(c4ccccc4)CCCCC3)=NC(=O)C(=O)C2C1=O. The molecule has 1 aliphatic carbocycles. The normalized spacial score (nSPS) is 24.6. The van der Waals surface area contributed by atoms with Gasteiger partial charge in [0.15, 0.2) is 6.04 Å². The van der Waals surface area contributed by atoms with Crippen LogP contribution in [0.4, 0.5) is 0 Å². The zero-order chi connectivity index (χ0) is 20.6. The molecule has 4 rings (SSSR count). The van der Waals surface area contributed by atoms with Crippen molar-refractivity contribution in [3.8, 4) is 0 Å². The number of hydrogen-bond acceptors (Lipinski definition) is 4. The molecule has 6 nitrogen and oxygen atoms in total. The molecule has 2 fully saturated rings. The van der Waals surface area contributed by atoms with Gasteiger partial charge in [0.2, 0.25) is 0 Å². The highest BCUT2D eigenvalue weighted by atomic mass is 16.2. The molecule has 3 aliphatic rings. The molecule has 0 radical (unpaired) electrons. The third-order valence-electron chi connectivity index (χ3n) is 6.75. The molecule has 0 aromatic heterocycles. The lowest BCUT2D eigenvalue weighted by molar-refractivity contribution is -0.151. The van der Waals surface area contributed by atoms with Gasteiger partial charge in [0.1, 0.15) is 5.84 Å². The molecule has 0 spiro atoms. The predicted molar refractivity (Wildman–Crippen MR) is 111 cm³/mol. The van der Waals surface area contributed by atoms with Crippen LogP contribution in [-0.4, -0.2) is 58.4 Å². The quantitative estimate of drug-likeness (QED) is 0.581. The number of Topliss-reactive ketones (excluding diaryl/α,β-unsaturated/α-hetero) is 1.